The summed E-state index contributed by atoms with van der Waals surface area (Å²) in [6.45, 7) is -0.0628. The van der Waals surface area contributed by atoms with Crippen LogP contribution in [0, 0.1) is 10.1 Å². The first-order valence-corrected chi connectivity index (χ1v) is 8.58. The molecule has 2 aromatic carbocycles. The molecule has 4 aromatic rings. The number of nitro groups is 1. The van der Waals surface area contributed by atoms with Crippen molar-refractivity contribution in [1.29, 1.82) is 0 Å². The van der Waals surface area contributed by atoms with Crippen LogP contribution < -0.4 is 10.9 Å². The number of aromatic amines is 1. The molecule has 0 aliphatic carbocycles. The number of hydrogen-bond acceptors (Lipinski definition) is 6. The van der Waals surface area contributed by atoms with E-state index in [4.69, 9.17) is 0 Å². The van der Waals surface area contributed by atoms with Gasteiger partial charge in [-0.2, -0.15) is 5.10 Å². The Balaban J connectivity index is 1.60. The Morgan fingerprint density at radius 3 is 2.72 bits per heavy atom. The van der Waals surface area contributed by atoms with E-state index >= 15 is 0 Å². The molecule has 0 fully saturated rings. The lowest BCUT2D eigenvalue weighted by Crippen LogP contribution is -2.25. The highest BCUT2D eigenvalue weighted by Gasteiger charge is 2.14. The minimum Gasteiger partial charge on any atom is -0.345 e. The van der Waals surface area contributed by atoms with Crippen molar-refractivity contribution in [2.45, 2.75) is 6.54 Å². The van der Waals surface area contributed by atoms with Crippen LogP contribution in [0.4, 0.5) is 5.69 Å². The van der Waals surface area contributed by atoms with Gasteiger partial charge in [0, 0.05) is 17.7 Å². The summed E-state index contributed by atoms with van der Waals surface area (Å²) >= 11 is 0. The van der Waals surface area contributed by atoms with Gasteiger partial charge in [-0.1, -0.05) is 24.3 Å². The Hall–Kier alpha value is -4.34. The third-order valence-electron chi connectivity index (χ3n) is 4.22. The normalized spacial score (nSPS) is 10.8. The van der Waals surface area contributed by atoms with Crippen LogP contribution in [-0.4, -0.2) is 30.6 Å². The molecule has 0 saturated carbocycles. The number of fused-ring (bicyclic) bond motifs is 1. The van der Waals surface area contributed by atoms with Gasteiger partial charge in [0.1, 0.15) is 11.2 Å². The number of para-hydroxylation sites is 1. The molecule has 10 nitrogen and oxygen atoms in total. The summed E-state index contributed by atoms with van der Waals surface area (Å²) in [5.74, 6) is -0.285. The van der Waals surface area contributed by atoms with E-state index in [9.17, 15) is 19.7 Å². The third kappa shape index (κ3) is 3.58. The highest BCUT2D eigenvalue weighted by Crippen LogP contribution is 2.14. The third-order valence-corrected chi connectivity index (χ3v) is 4.22. The standard InChI is InChI=1S/C19H14N6O4/c26-18(12-5-4-8-14(9-12)25(28)29)20-11-16-22-17-15(19(27)23-16)10-21-24(17)13-6-2-1-3-7-13/h1-10H,11H2,(H,20,26)(H,22,23,27). The van der Waals surface area contributed by atoms with Crippen molar-refractivity contribution in [3.63, 3.8) is 0 Å². The van der Waals surface area contributed by atoms with Crippen LogP contribution in [0.15, 0.2) is 65.6 Å². The van der Waals surface area contributed by atoms with Crippen LogP contribution in [0.5, 0.6) is 0 Å². The lowest BCUT2D eigenvalue weighted by atomic mass is 10.2. The SMILES string of the molecule is O=C(NCc1nc2c(cnn2-c2ccccc2)c(=O)[nH]1)c1cccc([N+](=O)[O-])c1. The molecular formula is C19H14N6O4. The molecule has 0 saturated heterocycles. The topological polar surface area (TPSA) is 136 Å². The molecule has 0 aliphatic heterocycles. The van der Waals surface area contributed by atoms with Gasteiger partial charge in [-0.3, -0.25) is 19.7 Å². The molecule has 1 amide bonds. The summed E-state index contributed by atoms with van der Waals surface area (Å²) in [6.07, 6.45) is 1.43. The highest BCUT2D eigenvalue weighted by atomic mass is 16.6. The number of carbonyl (C=O) groups is 1. The summed E-state index contributed by atoms with van der Waals surface area (Å²) in [5.41, 5.74) is 0.679. The molecule has 0 atom stereocenters. The number of H-pyrrole nitrogens is 1. The summed E-state index contributed by atoms with van der Waals surface area (Å²) in [7, 11) is 0. The van der Waals surface area contributed by atoms with Crippen LogP contribution in [0.1, 0.15) is 16.2 Å². The number of nitrogens with one attached hydrogen (secondary N) is 2. The zero-order valence-electron chi connectivity index (χ0n) is 14.9. The van der Waals surface area contributed by atoms with Gasteiger partial charge in [-0.05, 0) is 18.2 Å². The second kappa shape index (κ2) is 7.35. The van der Waals surface area contributed by atoms with Crippen molar-refractivity contribution in [1.82, 2.24) is 25.1 Å². The average molecular weight is 390 g/mol. The van der Waals surface area contributed by atoms with Gasteiger partial charge in [0.05, 0.1) is 23.4 Å². The smallest absolute Gasteiger partial charge is 0.270 e. The predicted molar refractivity (Wildman–Crippen MR) is 104 cm³/mol. The minimum absolute atomic E-state index is 0.0628. The van der Waals surface area contributed by atoms with E-state index in [-0.39, 0.29) is 29.2 Å². The Bertz CT molecular complexity index is 1280. The molecule has 2 heterocycles. The number of aromatic nitrogens is 4. The number of amides is 1. The molecule has 4 rings (SSSR count). The Kier molecular flexibility index (Phi) is 4.57. The molecule has 10 heteroatoms. The maximum Gasteiger partial charge on any atom is 0.270 e. The van der Waals surface area contributed by atoms with Crippen LogP contribution in [-0.2, 0) is 6.54 Å². The fourth-order valence-electron chi connectivity index (χ4n) is 2.83. The summed E-state index contributed by atoms with van der Waals surface area (Å²) in [6, 6.07) is 14.6. The average Bonchev–Trinajstić information content (AvgIpc) is 3.17. The molecule has 144 valence electrons. The number of hydrogen-bond donors (Lipinski definition) is 2. The molecule has 29 heavy (non-hydrogen) atoms. The van der Waals surface area contributed by atoms with Crippen molar-refractivity contribution in [2.24, 2.45) is 0 Å². The van der Waals surface area contributed by atoms with Crippen LogP contribution in [0.25, 0.3) is 16.7 Å². The van der Waals surface area contributed by atoms with Gasteiger partial charge in [0.2, 0.25) is 0 Å². The van der Waals surface area contributed by atoms with E-state index in [0.717, 1.165) is 5.69 Å². The van der Waals surface area contributed by atoms with Crippen LogP contribution >= 0.6 is 0 Å². The highest BCUT2D eigenvalue weighted by molar-refractivity contribution is 5.94. The number of rotatable bonds is 5. The van der Waals surface area contributed by atoms with Gasteiger partial charge in [0.15, 0.2) is 5.65 Å². The first-order valence-electron chi connectivity index (χ1n) is 8.58. The quantitative estimate of drug-likeness (QED) is 0.395. The van der Waals surface area contributed by atoms with E-state index in [1.165, 1.54) is 35.1 Å². The maximum absolute atomic E-state index is 12.3. The number of carbonyl (C=O) groups excluding carboxylic acids is 1. The predicted octanol–water partition coefficient (Wildman–Crippen LogP) is 1.95. The number of nitro benzene ring substituents is 1. The lowest BCUT2D eigenvalue weighted by Gasteiger charge is -2.06. The Morgan fingerprint density at radius 2 is 1.97 bits per heavy atom. The number of nitrogens with zero attached hydrogens (tertiary/aromatic N) is 4. The fourth-order valence-corrected chi connectivity index (χ4v) is 2.83. The van der Waals surface area contributed by atoms with Gasteiger partial charge in [-0.25, -0.2) is 9.67 Å². The number of non-ortho nitro benzene ring substituents is 1. The van der Waals surface area contributed by atoms with Crippen LogP contribution in [0.3, 0.4) is 0 Å². The maximum atomic E-state index is 12.3. The first-order chi connectivity index (χ1) is 14.0. The van der Waals surface area contributed by atoms with Crippen LogP contribution in [0.2, 0.25) is 0 Å². The molecule has 0 radical (unpaired) electrons. The van der Waals surface area contributed by atoms with Crippen molar-refractivity contribution in [2.75, 3.05) is 0 Å². The molecule has 0 unspecified atom stereocenters. The summed E-state index contributed by atoms with van der Waals surface area (Å²) in [5, 5.41) is 18.0. The van der Waals surface area contributed by atoms with Gasteiger partial charge in [-0.15, -0.1) is 0 Å². The van der Waals surface area contributed by atoms with E-state index in [1.807, 2.05) is 30.3 Å². The molecule has 2 aromatic heterocycles. The van der Waals surface area contributed by atoms with E-state index in [0.29, 0.717) is 11.0 Å². The monoisotopic (exact) mass is 390 g/mol. The van der Waals surface area contributed by atoms with Crippen molar-refractivity contribution >= 4 is 22.6 Å². The molecular weight excluding hydrogens is 376 g/mol. The zero-order chi connectivity index (χ0) is 20.4. The summed E-state index contributed by atoms with van der Waals surface area (Å²) < 4.78 is 1.54. The lowest BCUT2D eigenvalue weighted by molar-refractivity contribution is -0.384. The van der Waals surface area contributed by atoms with Crippen molar-refractivity contribution in [3.05, 3.63) is 92.7 Å². The largest absolute Gasteiger partial charge is 0.345 e. The Labute approximate surface area is 163 Å². The van der Waals surface area contributed by atoms with E-state index in [1.54, 1.807) is 0 Å². The second-order valence-corrected chi connectivity index (χ2v) is 6.13. The molecule has 2 N–H and O–H groups in total. The zero-order valence-corrected chi connectivity index (χ0v) is 14.9. The first kappa shape index (κ1) is 18.0. The van der Waals surface area contributed by atoms with Gasteiger partial charge in [0.25, 0.3) is 17.2 Å². The fraction of sp³-hybridized carbons (Fsp3) is 0.0526. The van der Waals surface area contributed by atoms with Gasteiger partial charge >= 0.3 is 0 Å². The summed E-state index contributed by atoms with van der Waals surface area (Å²) in [4.78, 5) is 41.9. The van der Waals surface area contributed by atoms with E-state index < -0.39 is 10.8 Å². The van der Waals surface area contributed by atoms with Crippen molar-refractivity contribution < 1.29 is 9.72 Å². The van der Waals surface area contributed by atoms with Gasteiger partial charge < -0.3 is 10.3 Å². The van der Waals surface area contributed by atoms with E-state index in [2.05, 4.69) is 20.4 Å². The Morgan fingerprint density at radius 1 is 1.17 bits per heavy atom. The molecule has 0 bridgehead atoms. The molecule has 0 spiro atoms. The minimum atomic E-state index is -0.575. The number of benzene rings is 2. The molecule has 0 aliphatic rings. The van der Waals surface area contributed by atoms with Crippen molar-refractivity contribution in [3.8, 4) is 5.69 Å². The second-order valence-electron chi connectivity index (χ2n) is 6.13.